The second kappa shape index (κ2) is 5.76. The van der Waals surface area contributed by atoms with Crippen molar-refractivity contribution in [1.82, 2.24) is 15.4 Å². The van der Waals surface area contributed by atoms with Crippen LogP contribution in [0.25, 0.3) is 11.0 Å². The molecule has 2 aromatic rings. The highest BCUT2D eigenvalue weighted by Gasteiger charge is 2.28. The van der Waals surface area contributed by atoms with Crippen molar-refractivity contribution in [3.05, 3.63) is 30.0 Å². The molecule has 1 aliphatic heterocycles. The van der Waals surface area contributed by atoms with Gasteiger partial charge in [0.25, 0.3) is 0 Å². The number of nitrogens with zero attached hydrogens (tertiary/aromatic N) is 2. The smallest absolute Gasteiger partial charge is 0.318 e. The minimum atomic E-state index is -0.0122. The van der Waals surface area contributed by atoms with Gasteiger partial charge in [-0.2, -0.15) is 0 Å². The van der Waals surface area contributed by atoms with Crippen LogP contribution in [0.15, 0.2) is 28.8 Å². The fourth-order valence-corrected chi connectivity index (χ4v) is 3.14. The van der Waals surface area contributed by atoms with Gasteiger partial charge in [0.05, 0.1) is 6.54 Å². The van der Waals surface area contributed by atoms with Gasteiger partial charge in [0.2, 0.25) is 0 Å². The van der Waals surface area contributed by atoms with Gasteiger partial charge in [0.1, 0.15) is 5.69 Å². The maximum absolute atomic E-state index is 12.4. The van der Waals surface area contributed by atoms with Crippen molar-refractivity contribution in [1.29, 1.82) is 0 Å². The molecule has 0 aliphatic carbocycles. The standard InChI is InChI=1S/C16H21N3O2/c1-11-6-5-7-12(2)19(11)16(20)17-10-14-13-8-3-4-9-15(13)21-18-14/h3-4,8-9,11-12H,5-7,10H2,1-2H3,(H,17,20). The molecule has 1 N–H and O–H groups in total. The fraction of sp³-hybridized carbons (Fsp3) is 0.500. The molecule has 2 heterocycles. The predicted molar refractivity (Wildman–Crippen MR) is 80.9 cm³/mol. The molecule has 5 nitrogen and oxygen atoms in total. The Morgan fingerprint density at radius 3 is 2.81 bits per heavy atom. The number of hydrogen-bond acceptors (Lipinski definition) is 3. The van der Waals surface area contributed by atoms with E-state index in [1.807, 2.05) is 29.2 Å². The largest absolute Gasteiger partial charge is 0.356 e. The number of piperidine rings is 1. The molecule has 21 heavy (non-hydrogen) atoms. The Morgan fingerprint density at radius 1 is 1.33 bits per heavy atom. The van der Waals surface area contributed by atoms with Gasteiger partial charge < -0.3 is 14.7 Å². The van der Waals surface area contributed by atoms with Crippen LogP contribution in [0.4, 0.5) is 4.79 Å². The number of para-hydroxylation sites is 1. The van der Waals surface area contributed by atoms with Crippen LogP contribution in [-0.4, -0.2) is 28.2 Å². The summed E-state index contributed by atoms with van der Waals surface area (Å²) in [6, 6.07) is 8.27. The summed E-state index contributed by atoms with van der Waals surface area (Å²) in [7, 11) is 0. The molecule has 2 unspecified atom stereocenters. The lowest BCUT2D eigenvalue weighted by atomic mass is 9.98. The molecule has 0 bridgehead atoms. The first kappa shape index (κ1) is 13.9. The molecule has 112 valence electrons. The number of carbonyl (C=O) groups excluding carboxylic acids is 1. The van der Waals surface area contributed by atoms with Gasteiger partial charge in [-0.1, -0.05) is 17.3 Å². The number of nitrogens with one attached hydrogen (secondary N) is 1. The molecule has 1 aliphatic rings. The zero-order chi connectivity index (χ0) is 14.8. The lowest BCUT2D eigenvalue weighted by Crippen LogP contribution is -2.51. The maximum Gasteiger partial charge on any atom is 0.318 e. The van der Waals surface area contributed by atoms with E-state index in [2.05, 4.69) is 24.3 Å². The average Bonchev–Trinajstić information content (AvgIpc) is 2.88. The lowest BCUT2D eigenvalue weighted by molar-refractivity contribution is 0.122. The summed E-state index contributed by atoms with van der Waals surface area (Å²) in [5.41, 5.74) is 1.53. The van der Waals surface area contributed by atoms with Crippen LogP contribution in [-0.2, 0) is 6.54 Å². The number of aromatic nitrogens is 1. The monoisotopic (exact) mass is 287 g/mol. The topological polar surface area (TPSA) is 58.4 Å². The van der Waals surface area contributed by atoms with E-state index in [1.54, 1.807) is 0 Å². The van der Waals surface area contributed by atoms with E-state index >= 15 is 0 Å². The van der Waals surface area contributed by atoms with Crippen molar-refractivity contribution in [2.45, 2.75) is 51.7 Å². The third kappa shape index (κ3) is 2.73. The molecule has 2 atom stereocenters. The number of likely N-dealkylation sites (tertiary alicyclic amines) is 1. The SMILES string of the molecule is CC1CCCC(C)N1C(=O)NCc1noc2ccccc12. The van der Waals surface area contributed by atoms with Crippen molar-refractivity contribution < 1.29 is 9.32 Å². The summed E-state index contributed by atoms with van der Waals surface area (Å²) in [5.74, 6) is 0. The minimum absolute atomic E-state index is 0.0122. The molecule has 1 aromatic heterocycles. The first-order valence-corrected chi connectivity index (χ1v) is 7.56. The maximum atomic E-state index is 12.4. The second-order valence-corrected chi connectivity index (χ2v) is 5.82. The number of amides is 2. The molecule has 5 heteroatoms. The normalized spacial score (nSPS) is 22.5. The van der Waals surface area contributed by atoms with Crippen LogP contribution in [0.1, 0.15) is 38.8 Å². The zero-order valence-corrected chi connectivity index (χ0v) is 12.5. The summed E-state index contributed by atoms with van der Waals surface area (Å²) in [5, 5.41) is 7.97. The van der Waals surface area contributed by atoms with Crippen molar-refractivity contribution in [3.8, 4) is 0 Å². The Kier molecular flexibility index (Phi) is 3.82. The van der Waals surface area contributed by atoms with Gasteiger partial charge in [-0.05, 0) is 45.2 Å². The molecule has 1 fully saturated rings. The van der Waals surface area contributed by atoms with Crippen molar-refractivity contribution in [3.63, 3.8) is 0 Å². The highest BCUT2D eigenvalue weighted by atomic mass is 16.5. The van der Waals surface area contributed by atoms with E-state index in [0.717, 1.165) is 29.5 Å². The summed E-state index contributed by atoms with van der Waals surface area (Å²) >= 11 is 0. The average molecular weight is 287 g/mol. The molecular weight excluding hydrogens is 266 g/mol. The number of benzene rings is 1. The van der Waals surface area contributed by atoms with Gasteiger partial charge in [-0.15, -0.1) is 0 Å². The number of hydrogen-bond donors (Lipinski definition) is 1. The highest BCUT2D eigenvalue weighted by Crippen LogP contribution is 2.23. The summed E-state index contributed by atoms with van der Waals surface area (Å²) in [6.45, 7) is 4.62. The quantitative estimate of drug-likeness (QED) is 0.922. The Hall–Kier alpha value is -2.04. The first-order chi connectivity index (χ1) is 10.2. The Labute approximate surface area is 124 Å². The van der Waals surface area contributed by atoms with Crippen LogP contribution >= 0.6 is 0 Å². The minimum Gasteiger partial charge on any atom is -0.356 e. The van der Waals surface area contributed by atoms with Crippen LogP contribution in [0.3, 0.4) is 0 Å². The molecular formula is C16H21N3O2. The summed E-state index contributed by atoms with van der Waals surface area (Å²) in [4.78, 5) is 14.4. The number of rotatable bonds is 2. The molecule has 1 aromatic carbocycles. The van der Waals surface area contributed by atoms with Crippen molar-refractivity contribution >= 4 is 17.0 Å². The van der Waals surface area contributed by atoms with E-state index in [9.17, 15) is 4.79 Å². The van der Waals surface area contributed by atoms with Crippen LogP contribution in [0.2, 0.25) is 0 Å². The van der Waals surface area contributed by atoms with Gasteiger partial charge >= 0.3 is 6.03 Å². The zero-order valence-electron chi connectivity index (χ0n) is 12.5. The van der Waals surface area contributed by atoms with E-state index in [-0.39, 0.29) is 6.03 Å². The van der Waals surface area contributed by atoms with E-state index < -0.39 is 0 Å². The fourth-order valence-electron chi connectivity index (χ4n) is 3.14. The summed E-state index contributed by atoms with van der Waals surface area (Å²) < 4.78 is 5.25. The molecule has 0 spiro atoms. The lowest BCUT2D eigenvalue weighted by Gasteiger charge is -2.38. The predicted octanol–water partition coefficient (Wildman–Crippen LogP) is 3.30. The number of urea groups is 1. The summed E-state index contributed by atoms with van der Waals surface area (Å²) in [6.07, 6.45) is 3.34. The highest BCUT2D eigenvalue weighted by molar-refractivity contribution is 5.80. The first-order valence-electron chi connectivity index (χ1n) is 7.56. The molecule has 2 amide bonds. The van der Waals surface area contributed by atoms with Crippen LogP contribution < -0.4 is 5.32 Å². The molecule has 0 saturated carbocycles. The van der Waals surface area contributed by atoms with E-state index in [0.29, 0.717) is 18.6 Å². The van der Waals surface area contributed by atoms with E-state index in [1.165, 1.54) is 6.42 Å². The van der Waals surface area contributed by atoms with Gasteiger partial charge in [0, 0.05) is 17.5 Å². The molecule has 3 rings (SSSR count). The number of carbonyl (C=O) groups is 1. The Balaban J connectivity index is 1.68. The van der Waals surface area contributed by atoms with E-state index in [4.69, 9.17) is 4.52 Å². The van der Waals surface area contributed by atoms with Gasteiger partial charge in [-0.3, -0.25) is 0 Å². The Morgan fingerprint density at radius 2 is 2.05 bits per heavy atom. The molecule has 1 saturated heterocycles. The number of fused-ring (bicyclic) bond motifs is 1. The van der Waals surface area contributed by atoms with Gasteiger partial charge in [0.15, 0.2) is 5.58 Å². The third-order valence-corrected chi connectivity index (χ3v) is 4.29. The molecule has 0 radical (unpaired) electrons. The van der Waals surface area contributed by atoms with Crippen molar-refractivity contribution in [2.75, 3.05) is 0 Å². The van der Waals surface area contributed by atoms with Crippen LogP contribution in [0.5, 0.6) is 0 Å². The second-order valence-electron chi connectivity index (χ2n) is 5.82. The third-order valence-electron chi connectivity index (χ3n) is 4.29. The van der Waals surface area contributed by atoms with Crippen molar-refractivity contribution in [2.24, 2.45) is 0 Å². The Bertz CT molecular complexity index is 627. The van der Waals surface area contributed by atoms with Crippen LogP contribution in [0, 0.1) is 0 Å². The van der Waals surface area contributed by atoms with Gasteiger partial charge in [-0.25, -0.2) is 4.79 Å².